The van der Waals surface area contributed by atoms with E-state index in [0.29, 0.717) is 11.9 Å². The van der Waals surface area contributed by atoms with Crippen molar-refractivity contribution in [2.24, 2.45) is 0 Å². The monoisotopic (exact) mass is 257 g/mol. The van der Waals surface area contributed by atoms with Crippen LogP contribution in [0.4, 0.5) is 5.69 Å². The third-order valence-electron chi connectivity index (χ3n) is 3.51. The van der Waals surface area contributed by atoms with Crippen molar-refractivity contribution in [2.45, 2.75) is 25.8 Å². The molecule has 1 unspecified atom stereocenters. The molecule has 1 aromatic heterocycles. The molecule has 0 radical (unpaired) electrons. The minimum Gasteiger partial charge on any atom is -0.449 e. The zero-order valence-corrected chi connectivity index (χ0v) is 11.1. The number of aromatic nitrogens is 1. The predicted octanol–water partition coefficient (Wildman–Crippen LogP) is 2.81. The number of rotatable bonds is 4. The van der Waals surface area contributed by atoms with Crippen LogP contribution >= 0.6 is 0 Å². The molecule has 4 nitrogen and oxygen atoms in total. The number of nitrogens with zero attached hydrogens (tertiary/aromatic N) is 1. The Morgan fingerprint density at radius 1 is 1.37 bits per heavy atom. The lowest BCUT2D eigenvalue weighted by Gasteiger charge is -2.12. The number of aryl methyl sites for hydroxylation is 1. The van der Waals surface area contributed by atoms with Crippen molar-refractivity contribution in [3.05, 3.63) is 36.4 Å². The standard InChI is InChI=1S/C15H19N3O/c1-11-18-15(10-19-11)12-4-6-13(7-5-12)17-9-14-3-2-8-16-14/h4-7,10,14,16-17H,2-3,8-9H2,1H3. The Kier molecular flexibility index (Phi) is 3.51. The van der Waals surface area contributed by atoms with E-state index in [1.54, 1.807) is 6.26 Å². The average Bonchev–Trinajstić information content (AvgIpc) is 3.08. The molecule has 0 aliphatic carbocycles. The van der Waals surface area contributed by atoms with Crippen LogP contribution in [0.25, 0.3) is 11.3 Å². The van der Waals surface area contributed by atoms with Gasteiger partial charge in [0, 0.05) is 30.8 Å². The molecule has 0 saturated carbocycles. The molecular weight excluding hydrogens is 238 g/mol. The Labute approximate surface area is 113 Å². The van der Waals surface area contributed by atoms with Crippen molar-refractivity contribution in [1.82, 2.24) is 10.3 Å². The molecule has 0 spiro atoms. The molecule has 3 rings (SSSR count). The first kappa shape index (κ1) is 12.2. The van der Waals surface area contributed by atoms with Crippen LogP contribution in [0.1, 0.15) is 18.7 Å². The summed E-state index contributed by atoms with van der Waals surface area (Å²) in [6, 6.07) is 8.93. The molecule has 1 fully saturated rings. The quantitative estimate of drug-likeness (QED) is 0.884. The fourth-order valence-corrected chi connectivity index (χ4v) is 2.43. The van der Waals surface area contributed by atoms with E-state index >= 15 is 0 Å². The molecule has 1 saturated heterocycles. The molecule has 19 heavy (non-hydrogen) atoms. The molecule has 2 heterocycles. The molecule has 4 heteroatoms. The van der Waals surface area contributed by atoms with Gasteiger partial charge in [-0.1, -0.05) is 12.1 Å². The Hall–Kier alpha value is -1.81. The third-order valence-corrected chi connectivity index (χ3v) is 3.51. The van der Waals surface area contributed by atoms with Gasteiger partial charge in [0.25, 0.3) is 0 Å². The molecule has 2 aromatic rings. The molecule has 100 valence electrons. The topological polar surface area (TPSA) is 50.1 Å². The van der Waals surface area contributed by atoms with Gasteiger partial charge >= 0.3 is 0 Å². The number of benzene rings is 1. The van der Waals surface area contributed by atoms with Crippen LogP contribution in [0.15, 0.2) is 34.9 Å². The molecule has 1 atom stereocenters. The van der Waals surface area contributed by atoms with Crippen LogP contribution in [0.2, 0.25) is 0 Å². The second-order valence-electron chi connectivity index (χ2n) is 5.00. The fourth-order valence-electron chi connectivity index (χ4n) is 2.43. The van der Waals surface area contributed by atoms with E-state index < -0.39 is 0 Å². The largest absolute Gasteiger partial charge is 0.449 e. The van der Waals surface area contributed by atoms with Gasteiger partial charge in [-0.15, -0.1) is 0 Å². The smallest absolute Gasteiger partial charge is 0.191 e. The van der Waals surface area contributed by atoms with Gasteiger partial charge in [0.2, 0.25) is 0 Å². The third kappa shape index (κ3) is 2.96. The van der Waals surface area contributed by atoms with E-state index in [0.717, 1.165) is 30.0 Å². The first-order valence-electron chi connectivity index (χ1n) is 6.81. The van der Waals surface area contributed by atoms with Crippen LogP contribution in [-0.2, 0) is 0 Å². The lowest BCUT2D eigenvalue weighted by atomic mass is 10.1. The normalized spacial score (nSPS) is 18.7. The highest BCUT2D eigenvalue weighted by Crippen LogP contribution is 2.20. The van der Waals surface area contributed by atoms with Crippen molar-refractivity contribution in [2.75, 3.05) is 18.4 Å². The number of nitrogens with one attached hydrogen (secondary N) is 2. The summed E-state index contributed by atoms with van der Waals surface area (Å²) in [5.74, 6) is 0.699. The van der Waals surface area contributed by atoms with Gasteiger partial charge in [-0.05, 0) is 31.5 Å². The van der Waals surface area contributed by atoms with Gasteiger partial charge in [-0.25, -0.2) is 4.98 Å². The molecule has 1 aromatic carbocycles. The zero-order chi connectivity index (χ0) is 13.1. The van der Waals surface area contributed by atoms with Gasteiger partial charge in [0.05, 0.1) is 0 Å². The summed E-state index contributed by atoms with van der Waals surface area (Å²) in [5, 5.41) is 6.95. The highest BCUT2D eigenvalue weighted by Gasteiger charge is 2.13. The van der Waals surface area contributed by atoms with Crippen molar-refractivity contribution in [1.29, 1.82) is 0 Å². The van der Waals surface area contributed by atoms with E-state index in [1.807, 2.05) is 6.92 Å². The Morgan fingerprint density at radius 3 is 2.84 bits per heavy atom. The van der Waals surface area contributed by atoms with Crippen molar-refractivity contribution in [3.8, 4) is 11.3 Å². The van der Waals surface area contributed by atoms with E-state index in [2.05, 4.69) is 39.9 Å². The molecule has 1 aliphatic rings. The molecular formula is C15H19N3O. The number of hydrogen-bond acceptors (Lipinski definition) is 4. The van der Waals surface area contributed by atoms with Gasteiger partial charge in [0.15, 0.2) is 5.89 Å². The fraction of sp³-hybridized carbons (Fsp3) is 0.400. The lowest BCUT2D eigenvalue weighted by Crippen LogP contribution is -2.29. The van der Waals surface area contributed by atoms with Crippen molar-refractivity contribution < 1.29 is 4.42 Å². The molecule has 0 bridgehead atoms. The maximum absolute atomic E-state index is 5.23. The lowest BCUT2D eigenvalue weighted by molar-refractivity contribution is 0.521. The number of oxazole rings is 1. The molecule has 2 N–H and O–H groups in total. The zero-order valence-electron chi connectivity index (χ0n) is 11.1. The molecule has 1 aliphatic heterocycles. The molecule has 0 amide bonds. The average molecular weight is 257 g/mol. The van der Waals surface area contributed by atoms with Gasteiger partial charge < -0.3 is 15.1 Å². The Bertz CT molecular complexity index is 527. The van der Waals surface area contributed by atoms with Crippen LogP contribution in [0.3, 0.4) is 0 Å². The van der Waals surface area contributed by atoms with E-state index in [-0.39, 0.29) is 0 Å². The van der Waals surface area contributed by atoms with E-state index in [9.17, 15) is 0 Å². The number of hydrogen-bond donors (Lipinski definition) is 2. The minimum atomic E-state index is 0.609. The number of anilines is 1. The Morgan fingerprint density at radius 2 is 2.21 bits per heavy atom. The van der Waals surface area contributed by atoms with Crippen LogP contribution in [0, 0.1) is 6.92 Å². The van der Waals surface area contributed by atoms with Gasteiger partial charge in [0.1, 0.15) is 12.0 Å². The second-order valence-corrected chi connectivity index (χ2v) is 5.00. The van der Waals surface area contributed by atoms with E-state index in [1.165, 1.54) is 12.8 Å². The minimum absolute atomic E-state index is 0.609. The van der Waals surface area contributed by atoms with Crippen LogP contribution in [0.5, 0.6) is 0 Å². The van der Waals surface area contributed by atoms with Gasteiger partial charge in [-0.3, -0.25) is 0 Å². The van der Waals surface area contributed by atoms with E-state index in [4.69, 9.17) is 4.42 Å². The first-order valence-corrected chi connectivity index (χ1v) is 6.81. The predicted molar refractivity (Wildman–Crippen MR) is 76.2 cm³/mol. The summed E-state index contributed by atoms with van der Waals surface area (Å²) >= 11 is 0. The SMILES string of the molecule is Cc1nc(-c2ccc(NCC3CCCN3)cc2)co1. The summed E-state index contributed by atoms with van der Waals surface area (Å²) in [6.45, 7) is 3.99. The van der Waals surface area contributed by atoms with Crippen molar-refractivity contribution >= 4 is 5.69 Å². The second kappa shape index (κ2) is 5.45. The maximum Gasteiger partial charge on any atom is 0.191 e. The van der Waals surface area contributed by atoms with Crippen molar-refractivity contribution in [3.63, 3.8) is 0 Å². The highest BCUT2D eigenvalue weighted by molar-refractivity contribution is 5.61. The highest BCUT2D eigenvalue weighted by atomic mass is 16.3. The van der Waals surface area contributed by atoms with Gasteiger partial charge in [-0.2, -0.15) is 0 Å². The summed E-state index contributed by atoms with van der Waals surface area (Å²) in [4.78, 5) is 4.32. The van der Waals surface area contributed by atoms with Crippen LogP contribution in [-0.4, -0.2) is 24.1 Å². The summed E-state index contributed by atoms with van der Waals surface area (Å²) in [7, 11) is 0. The summed E-state index contributed by atoms with van der Waals surface area (Å²) in [5.41, 5.74) is 3.13. The Balaban J connectivity index is 1.62. The van der Waals surface area contributed by atoms with Crippen LogP contribution < -0.4 is 10.6 Å². The summed E-state index contributed by atoms with van der Waals surface area (Å²) in [6.07, 6.45) is 4.25. The first-order chi connectivity index (χ1) is 9.31. The maximum atomic E-state index is 5.23. The summed E-state index contributed by atoms with van der Waals surface area (Å²) < 4.78 is 5.23.